The van der Waals surface area contributed by atoms with Gasteiger partial charge >= 0.3 is 12.4 Å². The minimum Gasteiger partial charge on any atom is -0.360 e. The van der Waals surface area contributed by atoms with Crippen LogP contribution in [-0.4, -0.2) is 11.9 Å². The molecule has 1 aromatic carbocycles. The average molecular weight is 365 g/mol. The quantitative estimate of drug-likeness (QED) is 0.480. The Morgan fingerprint density at radius 3 is 1.92 bits per heavy atom. The number of anilines is 1. The average Bonchev–Trinajstić information content (AvgIpc) is 2.45. The van der Waals surface area contributed by atoms with E-state index in [1.54, 1.807) is 13.8 Å². The Hall–Kier alpha value is -2.70. The van der Waals surface area contributed by atoms with Gasteiger partial charge in [-0.2, -0.15) is 31.6 Å². The van der Waals surface area contributed by atoms with E-state index in [1.165, 1.54) is 6.07 Å². The molecular weight excluding hydrogens is 352 g/mol. The summed E-state index contributed by atoms with van der Waals surface area (Å²) in [6.45, 7) is 3.23. The second-order valence-electron chi connectivity index (χ2n) is 5.24. The van der Waals surface area contributed by atoms with Gasteiger partial charge in [0, 0.05) is 17.9 Å². The first kappa shape index (κ1) is 20.3. The number of hydrogen-bond donors (Lipinski definition) is 2. The van der Waals surface area contributed by atoms with Crippen LogP contribution in [0.5, 0.6) is 0 Å². The molecule has 0 saturated heterocycles. The molecule has 0 saturated carbocycles. The van der Waals surface area contributed by atoms with Crippen molar-refractivity contribution in [1.29, 1.82) is 5.26 Å². The molecule has 25 heavy (non-hydrogen) atoms. The van der Waals surface area contributed by atoms with Gasteiger partial charge < -0.3 is 10.6 Å². The first-order chi connectivity index (χ1) is 11.3. The minimum atomic E-state index is -4.99. The molecule has 0 unspecified atom stereocenters. The number of hydrogen-bond acceptors (Lipinski definition) is 3. The van der Waals surface area contributed by atoms with Crippen LogP contribution in [0.25, 0.3) is 0 Å². The number of nitrogens with zero attached hydrogens (tertiary/aromatic N) is 1. The number of carbonyl (C=O) groups is 1. The van der Waals surface area contributed by atoms with Crippen molar-refractivity contribution in [2.75, 3.05) is 5.32 Å². The van der Waals surface area contributed by atoms with E-state index in [9.17, 15) is 31.1 Å². The SMILES string of the molecule is CC(C)NC(=O)/C(C#N)=C\Nc1cc(C(F)(F)F)cc(C(F)(F)F)c1. The Labute approximate surface area is 139 Å². The van der Waals surface area contributed by atoms with Gasteiger partial charge in [0.15, 0.2) is 0 Å². The highest BCUT2D eigenvalue weighted by atomic mass is 19.4. The van der Waals surface area contributed by atoms with Crippen LogP contribution >= 0.6 is 0 Å². The van der Waals surface area contributed by atoms with Crippen LogP contribution in [-0.2, 0) is 17.1 Å². The number of nitrogens with one attached hydrogen (secondary N) is 2. The standard InChI is InChI=1S/C15H13F6N3O/c1-8(2)24-13(25)9(6-22)7-23-12-4-10(14(16,17)18)3-11(5-12)15(19,20)21/h3-5,7-8,23H,1-2H3,(H,24,25)/b9-7-. The highest BCUT2D eigenvalue weighted by molar-refractivity contribution is 5.97. The molecule has 136 valence electrons. The van der Waals surface area contributed by atoms with E-state index in [1.807, 2.05) is 0 Å². The molecular formula is C15H13F6N3O. The molecule has 10 heteroatoms. The number of amides is 1. The Kier molecular flexibility index (Phi) is 6.07. The number of benzene rings is 1. The number of rotatable bonds is 4. The fourth-order valence-electron chi connectivity index (χ4n) is 1.68. The maximum Gasteiger partial charge on any atom is 0.416 e. The van der Waals surface area contributed by atoms with Gasteiger partial charge in [0.2, 0.25) is 0 Å². The highest BCUT2D eigenvalue weighted by Gasteiger charge is 2.36. The fraction of sp³-hybridized carbons (Fsp3) is 0.333. The summed E-state index contributed by atoms with van der Waals surface area (Å²) in [6.07, 6.45) is -9.24. The monoisotopic (exact) mass is 365 g/mol. The molecule has 0 heterocycles. The molecule has 4 nitrogen and oxygen atoms in total. The van der Waals surface area contributed by atoms with Gasteiger partial charge in [-0.1, -0.05) is 0 Å². The van der Waals surface area contributed by atoms with E-state index in [4.69, 9.17) is 5.26 Å². The Morgan fingerprint density at radius 2 is 1.56 bits per heavy atom. The predicted molar refractivity (Wildman–Crippen MR) is 77.0 cm³/mol. The third-order valence-electron chi connectivity index (χ3n) is 2.76. The van der Waals surface area contributed by atoms with Crippen molar-refractivity contribution >= 4 is 11.6 Å². The van der Waals surface area contributed by atoms with Crippen LogP contribution in [0.4, 0.5) is 32.0 Å². The van der Waals surface area contributed by atoms with Gasteiger partial charge in [-0.25, -0.2) is 0 Å². The molecule has 1 amide bonds. The normalized spacial score (nSPS) is 12.7. The van der Waals surface area contributed by atoms with Gasteiger partial charge in [0.25, 0.3) is 5.91 Å². The molecule has 0 aliphatic heterocycles. The van der Waals surface area contributed by atoms with Crippen molar-refractivity contribution in [3.05, 3.63) is 41.1 Å². The molecule has 0 aliphatic rings. The van der Waals surface area contributed by atoms with Gasteiger partial charge in [-0.3, -0.25) is 4.79 Å². The highest BCUT2D eigenvalue weighted by Crippen LogP contribution is 2.37. The van der Waals surface area contributed by atoms with Crippen molar-refractivity contribution in [3.63, 3.8) is 0 Å². The maximum atomic E-state index is 12.7. The van der Waals surface area contributed by atoms with E-state index in [0.29, 0.717) is 12.1 Å². The summed E-state index contributed by atoms with van der Waals surface area (Å²) in [5, 5.41) is 13.4. The largest absolute Gasteiger partial charge is 0.416 e. The summed E-state index contributed by atoms with van der Waals surface area (Å²) in [5.41, 5.74) is -4.08. The lowest BCUT2D eigenvalue weighted by Crippen LogP contribution is -2.31. The maximum absolute atomic E-state index is 12.7. The smallest absolute Gasteiger partial charge is 0.360 e. The summed E-state index contributed by atoms with van der Waals surface area (Å²) in [4.78, 5) is 11.7. The zero-order valence-corrected chi connectivity index (χ0v) is 13.0. The summed E-state index contributed by atoms with van der Waals surface area (Å²) < 4.78 is 76.5. The van der Waals surface area contributed by atoms with Crippen molar-refractivity contribution in [2.45, 2.75) is 32.2 Å². The van der Waals surface area contributed by atoms with E-state index in [0.717, 1.165) is 6.20 Å². The van der Waals surface area contributed by atoms with Gasteiger partial charge in [-0.05, 0) is 32.0 Å². The summed E-state index contributed by atoms with van der Waals surface area (Å²) in [6, 6.07) is 2.07. The molecule has 0 atom stereocenters. The zero-order chi connectivity index (χ0) is 19.4. The molecule has 1 rings (SSSR count). The molecule has 0 spiro atoms. The Bertz CT molecular complexity index is 681. The molecule has 1 aromatic rings. The van der Waals surface area contributed by atoms with Gasteiger partial charge in [0.1, 0.15) is 11.6 Å². The Morgan fingerprint density at radius 1 is 1.08 bits per heavy atom. The van der Waals surface area contributed by atoms with Crippen LogP contribution in [0.3, 0.4) is 0 Å². The molecule has 2 N–H and O–H groups in total. The first-order valence-electron chi connectivity index (χ1n) is 6.81. The summed E-state index contributed by atoms with van der Waals surface area (Å²) >= 11 is 0. The molecule has 0 bridgehead atoms. The molecule has 0 aromatic heterocycles. The van der Waals surface area contributed by atoms with E-state index in [2.05, 4.69) is 10.6 Å². The van der Waals surface area contributed by atoms with Crippen molar-refractivity contribution < 1.29 is 31.1 Å². The topological polar surface area (TPSA) is 64.9 Å². The molecule has 0 aliphatic carbocycles. The molecule has 0 radical (unpaired) electrons. The summed E-state index contributed by atoms with van der Waals surface area (Å²) in [5.74, 6) is -0.812. The van der Waals surface area contributed by atoms with Crippen LogP contribution in [0, 0.1) is 11.3 Å². The van der Waals surface area contributed by atoms with Crippen molar-refractivity contribution in [1.82, 2.24) is 5.32 Å². The number of carbonyl (C=O) groups excluding carboxylic acids is 1. The van der Waals surface area contributed by atoms with Crippen LogP contribution in [0.2, 0.25) is 0 Å². The second-order valence-corrected chi connectivity index (χ2v) is 5.24. The van der Waals surface area contributed by atoms with Crippen LogP contribution in [0.15, 0.2) is 30.0 Å². The zero-order valence-electron chi connectivity index (χ0n) is 13.0. The second kappa shape index (κ2) is 7.46. The number of alkyl halides is 6. The third-order valence-corrected chi connectivity index (χ3v) is 2.76. The van der Waals surface area contributed by atoms with Crippen LogP contribution < -0.4 is 10.6 Å². The third kappa shape index (κ3) is 6.02. The number of nitriles is 1. The number of halogens is 6. The lowest BCUT2D eigenvalue weighted by Gasteiger charge is -2.14. The lowest BCUT2D eigenvalue weighted by atomic mass is 10.1. The Balaban J connectivity index is 3.22. The minimum absolute atomic E-state index is 0.0223. The first-order valence-corrected chi connectivity index (χ1v) is 6.81. The molecule has 0 fully saturated rings. The van der Waals surface area contributed by atoms with Gasteiger partial charge in [0.05, 0.1) is 11.1 Å². The van der Waals surface area contributed by atoms with Crippen molar-refractivity contribution in [2.24, 2.45) is 0 Å². The van der Waals surface area contributed by atoms with E-state index in [-0.39, 0.29) is 12.1 Å². The van der Waals surface area contributed by atoms with Gasteiger partial charge in [-0.15, -0.1) is 0 Å². The van der Waals surface area contributed by atoms with Crippen LogP contribution in [0.1, 0.15) is 25.0 Å². The summed E-state index contributed by atoms with van der Waals surface area (Å²) in [7, 11) is 0. The fourth-order valence-corrected chi connectivity index (χ4v) is 1.68. The van der Waals surface area contributed by atoms with E-state index < -0.39 is 40.6 Å². The van der Waals surface area contributed by atoms with Crippen molar-refractivity contribution in [3.8, 4) is 6.07 Å². The predicted octanol–water partition coefficient (Wildman–Crippen LogP) is 4.07. The lowest BCUT2D eigenvalue weighted by molar-refractivity contribution is -0.143. The van der Waals surface area contributed by atoms with E-state index >= 15 is 0 Å².